The van der Waals surface area contributed by atoms with E-state index in [1.54, 1.807) is 0 Å². The lowest BCUT2D eigenvalue weighted by Gasteiger charge is -2.31. The Labute approximate surface area is 103 Å². The average molecular weight is 237 g/mol. The quantitative estimate of drug-likeness (QED) is 0.840. The standard InChI is InChI=1S/C14H23NS/c1-4-10-7-8-12(16-10)13(15)11-6-5-9-14(11,2)3/h7-8,11,13H,4-6,9,15H2,1-3H3. The fourth-order valence-corrected chi connectivity index (χ4v) is 4.00. The van der Waals surface area contributed by atoms with Crippen LogP contribution in [0.2, 0.25) is 0 Å². The van der Waals surface area contributed by atoms with E-state index in [4.69, 9.17) is 5.73 Å². The first-order valence-corrected chi connectivity index (χ1v) is 7.20. The van der Waals surface area contributed by atoms with Gasteiger partial charge in [0.15, 0.2) is 0 Å². The van der Waals surface area contributed by atoms with Crippen LogP contribution in [0.5, 0.6) is 0 Å². The molecule has 0 aromatic carbocycles. The van der Waals surface area contributed by atoms with Crippen molar-refractivity contribution in [1.29, 1.82) is 0 Å². The smallest absolute Gasteiger partial charge is 0.0423 e. The summed E-state index contributed by atoms with van der Waals surface area (Å²) in [5.74, 6) is 0.663. The molecule has 16 heavy (non-hydrogen) atoms. The van der Waals surface area contributed by atoms with Gasteiger partial charge >= 0.3 is 0 Å². The highest BCUT2D eigenvalue weighted by Crippen LogP contribution is 2.48. The largest absolute Gasteiger partial charge is 0.323 e. The molecule has 1 fully saturated rings. The fraction of sp³-hybridized carbons (Fsp3) is 0.714. The minimum atomic E-state index is 0.253. The van der Waals surface area contributed by atoms with Crippen LogP contribution >= 0.6 is 11.3 Å². The molecule has 1 saturated carbocycles. The Morgan fingerprint density at radius 3 is 2.75 bits per heavy atom. The summed E-state index contributed by atoms with van der Waals surface area (Å²) in [6.45, 7) is 6.96. The molecule has 2 unspecified atom stereocenters. The van der Waals surface area contributed by atoms with E-state index in [9.17, 15) is 0 Å². The lowest BCUT2D eigenvalue weighted by molar-refractivity contribution is 0.224. The second-order valence-corrected chi connectivity index (χ2v) is 6.87. The van der Waals surface area contributed by atoms with E-state index in [0.29, 0.717) is 11.3 Å². The zero-order valence-corrected chi connectivity index (χ0v) is 11.4. The number of rotatable bonds is 3. The van der Waals surface area contributed by atoms with Gasteiger partial charge in [-0.15, -0.1) is 11.3 Å². The molecule has 1 aliphatic rings. The van der Waals surface area contributed by atoms with Crippen molar-refractivity contribution in [2.24, 2.45) is 17.1 Å². The van der Waals surface area contributed by atoms with Crippen LogP contribution in [0.1, 0.15) is 55.8 Å². The SMILES string of the molecule is CCc1ccc(C(N)C2CCCC2(C)C)s1. The first-order chi connectivity index (χ1) is 7.54. The maximum atomic E-state index is 6.45. The molecule has 1 nitrogen and oxygen atoms in total. The summed E-state index contributed by atoms with van der Waals surface area (Å²) in [5, 5.41) is 0. The van der Waals surface area contributed by atoms with Crippen molar-refractivity contribution in [2.45, 2.75) is 52.5 Å². The third-order valence-corrected chi connectivity index (χ3v) is 5.46. The van der Waals surface area contributed by atoms with E-state index in [1.807, 2.05) is 11.3 Å². The Morgan fingerprint density at radius 1 is 1.50 bits per heavy atom. The average Bonchev–Trinajstić information content (AvgIpc) is 2.82. The van der Waals surface area contributed by atoms with Crippen LogP contribution in [-0.2, 0) is 6.42 Å². The Morgan fingerprint density at radius 2 is 2.25 bits per heavy atom. The van der Waals surface area contributed by atoms with Gasteiger partial charge in [-0.2, -0.15) is 0 Å². The maximum absolute atomic E-state index is 6.45. The second kappa shape index (κ2) is 4.50. The molecule has 1 aliphatic carbocycles. The van der Waals surface area contributed by atoms with Gasteiger partial charge in [0.2, 0.25) is 0 Å². The molecule has 2 heteroatoms. The number of nitrogens with two attached hydrogens (primary N) is 1. The first kappa shape index (κ1) is 12.1. The van der Waals surface area contributed by atoms with E-state index < -0.39 is 0 Å². The fourth-order valence-electron chi connectivity index (χ4n) is 2.98. The molecule has 1 aromatic heterocycles. The maximum Gasteiger partial charge on any atom is 0.0423 e. The van der Waals surface area contributed by atoms with Gasteiger partial charge in [-0.1, -0.05) is 27.2 Å². The highest BCUT2D eigenvalue weighted by molar-refractivity contribution is 7.12. The third-order valence-electron chi connectivity index (χ3n) is 4.13. The molecule has 0 radical (unpaired) electrons. The highest BCUT2D eigenvalue weighted by atomic mass is 32.1. The summed E-state index contributed by atoms with van der Waals surface area (Å²) in [7, 11) is 0. The lowest BCUT2D eigenvalue weighted by Crippen LogP contribution is -2.28. The summed E-state index contributed by atoms with van der Waals surface area (Å²) < 4.78 is 0. The van der Waals surface area contributed by atoms with Crippen molar-refractivity contribution in [2.75, 3.05) is 0 Å². The lowest BCUT2D eigenvalue weighted by atomic mass is 9.77. The normalized spacial score (nSPS) is 25.9. The summed E-state index contributed by atoms with van der Waals surface area (Å²) in [6.07, 6.45) is 5.10. The molecule has 2 atom stereocenters. The summed E-state index contributed by atoms with van der Waals surface area (Å²) >= 11 is 1.90. The number of thiophene rings is 1. The van der Waals surface area contributed by atoms with E-state index in [1.165, 1.54) is 29.0 Å². The van der Waals surface area contributed by atoms with Crippen LogP contribution in [0, 0.1) is 11.3 Å². The molecular formula is C14H23NS. The Hall–Kier alpha value is -0.340. The number of hydrogen-bond acceptors (Lipinski definition) is 2. The highest BCUT2D eigenvalue weighted by Gasteiger charge is 2.38. The molecule has 1 aromatic rings. The van der Waals surface area contributed by atoms with E-state index in [-0.39, 0.29) is 6.04 Å². The van der Waals surface area contributed by atoms with Crippen molar-refractivity contribution >= 4 is 11.3 Å². The molecule has 2 N–H and O–H groups in total. The van der Waals surface area contributed by atoms with Gasteiger partial charge in [-0.05, 0) is 42.7 Å². The zero-order chi connectivity index (χ0) is 11.8. The monoisotopic (exact) mass is 237 g/mol. The predicted molar refractivity (Wildman–Crippen MR) is 71.7 cm³/mol. The number of aryl methyl sites for hydroxylation is 1. The van der Waals surface area contributed by atoms with Gasteiger partial charge in [0.05, 0.1) is 0 Å². The number of hydrogen-bond donors (Lipinski definition) is 1. The topological polar surface area (TPSA) is 26.0 Å². The second-order valence-electron chi connectivity index (χ2n) is 5.67. The van der Waals surface area contributed by atoms with Gasteiger partial charge in [-0.3, -0.25) is 0 Å². The van der Waals surface area contributed by atoms with Gasteiger partial charge in [-0.25, -0.2) is 0 Å². The molecule has 2 rings (SSSR count). The van der Waals surface area contributed by atoms with Crippen molar-refractivity contribution < 1.29 is 0 Å². The van der Waals surface area contributed by atoms with Gasteiger partial charge < -0.3 is 5.73 Å². The Kier molecular flexibility index (Phi) is 3.41. The van der Waals surface area contributed by atoms with E-state index in [0.717, 1.165) is 6.42 Å². The summed E-state index contributed by atoms with van der Waals surface area (Å²) in [6, 6.07) is 4.73. The van der Waals surface area contributed by atoms with Crippen LogP contribution in [0.3, 0.4) is 0 Å². The van der Waals surface area contributed by atoms with Gasteiger partial charge in [0.1, 0.15) is 0 Å². The van der Waals surface area contributed by atoms with E-state index in [2.05, 4.69) is 32.9 Å². The van der Waals surface area contributed by atoms with Crippen LogP contribution in [0.25, 0.3) is 0 Å². The van der Waals surface area contributed by atoms with Gasteiger partial charge in [0.25, 0.3) is 0 Å². The predicted octanol–water partition coefficient (Wildman–Crippen LogP) is 4.14. The Balaban J connectivity index is 2.15. The van der Waals surface area contributed by atoms with Crippen molar-refractivity contribution in [3.63, 3.8) is 0 Å². The molecule has 0 saturated heterocycles. The van der Waals surface area contributed by atoms with Crippen molar-refractivity contribution in [3.8, 4) is 0 Å². The van der Waals surface area contributed by atoms with Crippen LogP contribution in [0.15, 0.2) is 12.1 Å². The van der Waals surface area contributed by atoms with Crippen LogP contribution < -0.4 is 5.73 Å². The van der Waals surface area contributed by atoms with Crippen molar-refractivity contribution in [3.05, 3.63) is 21.9 Å². The minimum Gasteiger partial charge on any atom is -0.323 e. The molecular weight excluding hydrogens is 214 g/mol. The zero-order valence-electron chi connectivity index (χ0n) is 10.6. The molecule has 0 amide bonds. The summed E-state index contributed by atoms with van der Waals surface area (Å²) in [4.78, 5) is 2.85. The molecule has 90 valence electrons. The minimum absolute atomic E-state index is 0.253. The van der Waals surface area contributed by atoms with Crippen LogP contribution in [-0.4, -0.2) is 0 Å². The summed E-state index contributed by atoms with van der Waals surface area (Å²) in [5.41, 5.74) is 6.88. The first-order valence-electron chi connectivity index (χ1n) is 6.39. The molecule has 0 spiro atoms. The molecule has 1 heterocycles. The molecule has 0 bridgehead atoms. The Bertz CT molecular complexity index is 353. The van der Waals surface area contributed by atoms with Crippen LogP contribution in [0.4, 0.5) is 0 Å². The third kappa shape index (κ3) is 2.18. The van der Waals surface area contributed by atoms with Crippen molar-refractivity contribution in [1.82, 2.24) is 0 Å². The molecule has 0 aliphatic heterocycles. The van der Waals surface area contributed by atoms with Gasteiger partial charge in [0, 0.05) is 15.8 Å². The van der Waals surface area contributed by atoms with E-state index >= 15 is 0 Å².